The Morgan fingerprint density at radius 1 is 1.00 bits per heavy atom. The summed E-state index contributed by atoms with van der Waals surface area (Å²) < 4.78 is 108. The van der Waals surface area contributed by atoms with E-state index in [1.54, 1.807) is 0 Å². The van der Waals surface area contributed by atoms with E-state index in [9.17, 15) is 44.7 Å². The number of rotatable bonds is 5. The minimum atomic E-state index is -5.99. The van der Waals surface area contributed by atoms with Gasteiger partial charge >= 0.3 is 18.3 Å². The molecule has 3 amide bonds. The lowest BCUT2D eigenvalue weighted by Crippen LogP contribution is -2.45. The van der Waals surface area contributed by atoms with Crippen LogP contribution in [0.1, 0.15) is 10.4 Å². The normalized spacial score (nSPS) is 12.9. The molecule has 2 rings (SSSR count). The van der Waals surface area contributed by atoms with Crippen molar-refractivity contribution in [2.45, 2.75) is 18.5 Å². The average molecular weight is 511 g/mol. The maximum absolute atomic E-state index is 13.9. The molecular weight excluding hydrogens is 503 g/mol. The highest BCUT2D eigenvalue weighted by Gasteiger charge is 2.59. The number of ether oxygens (including phenoxy) is 1. The second kappa shape index (κ2) is 8.98. The number of primary amides is 1. The zero-order valence-corrected chi connectivity index (χ0v) is 16.5. The Morgan fingerprint density at radius 2 is 1.53 bits per heavy atom. The lowest BCUT2D eigenvalue weighted by Gasteiger charge is -2.25. The van der Waals surface area contributed by atoms with Gasteiger partial charge in [-0.05, 0) is 18.2 Å². The summed E-state index contributed by atoms with van der Waals surface area (Å²) >= 11 is 11.4. The molecular formula is C17H8Cl2F8N2O3. The Balaban J connectivity index is 2.51. The lowest BCUT2D eigenvalue weighted by atomic mass is 10.1. The van der Waals surface area contributed by atoms with Crippen LogP contribution in [0.5, 0.6) is 5.75 Å². The number of halogens is 10. The van der Waals surface area contributed by atoms with E-state index in [1.807, 2.05) is 0 Å². The van der Waals surface area contributed by atoms with Crippen LogP contribution in [0, 0.1) is 11.6 Å². The van der Waals surface area contributed by atoms with Crippen LogP contribution < -0.4 is 15.4 Å². The lowest BCUT2D eigenvalue weighted by molar-refractivity contribution is -0.304. The molecule has 0 aliphatic rings. The average Bonchev–Trinajstić information content (AvgIpc) is 2.63. The Morgan fingerprint density at radius 3 is 2.00 bits per heavy atom. The number of anilines is 1. The van der Waals surface area contributed by atoms with Gasteiger partial charge < -0.3 is 10.5 Å². The van der Waals surface area contributed by atoms with E-state index in [0.29, 0.717) is 24.3 Å². The van der Waals surface area contributed by atoms with Crippen LogP contribution in [0.15, 0.2) is 30.3 Å². The monoisotopic (exact) mass is 510 g/mol. The standard InChI is InChI=1S/C17H8Cl2F8N2O3/c18-6-5-11(32-17(26,27)14(22)16(23,24)25)7(19)4-10(6)29(15(28)31)13(30)12-8(20)2-1-3-9(12)21/h1-5,14H,(H2,28,31). The molecule has 0 aliphatic carbocycles. The van der Waals surface area contributed by atoms with Crippen LogP contribution in [0.25, 0.3) is 0 Å². The predicted octanol–water partition coefficient (Wildman–Crippen LogP) is 5.87. The van der Waals surface area contributed by atoms with Crippen molar-refractivity contribution in [3.63, 3.8) is 0 Å². The summed E-state index contributed by atoms with van der Waals surface area (Å²) in [6.07, 6.45) is -16.2. The molecule has 5 nitrogen and oxygen atoms in total. The molecule has 0 radical (unpaired) electrons. The summed E-state index contributed by atoms with van der Waals surface area (Å²) in [5.74, 6) is -5.74. The Hall–Kier alpha value is -2.80. The Labute approximate surface area is 183 Å². The van der Waals surface area contributed by atoms with Gasteiger partial charge in [-0.15, -0.1) is 0 Å². The van der Waals surface area contributed by atoms with Gasteiger partial charge in [-0.25, -0.2) is 22.9 Å². The molecule has 0 spiro atoms. The van der Waals surface area contributed by atoms with Crippen LogP contribution in [-0.4, -0.2) is 30.4 Å². The van der Waals surface area contributed by atoms with E-state index in [0.717, 1.165) is 6.07 Å². The number of hydrogen-bond donors (Lipinski definition) is 1. The number of urea groups is 1. The molecule has 2 aromatic rings. The summed E-state index contributed by atoms with van der Waals surface area (Å²) in [5.41, 5.74) is 3.02. The first-order valence-corrected chi connectivity index (χ1v) is 8.68. The summed E-state index contributed by atoms with van der Waals surface area (Å²) in [6, 6.07) is 1.39. The van der Waals surface area contributed by atoms with E-state index in [4.69, 9.17) is 28.9 Å². The fourth-order valence-electron chi connectivity index (χ4n) is 2.30. The van der Waals surface area contributed by atoms with Gasteiger partial charge in [-0.3, -0.25) is 4.79 Å². The van der Waals surface area contributed by atoms with Gasteiger partial charge in [-0.1, -0.05) is 29.3 Å². The van der Waals surface area contributed by atoms with Crippen molar-refractivity contribution in [2.24, 2.45) is 5.73 Å². The number of amides is 3. The minimum absolute atomic E-state index is 0.0781. The van der Waals surface area contributed by atoms with Crippen LogP contribution in [0.3, 0.4) is 0 Å². The number of carbonyl (C=O) groups excluding carboxylic acids is 2. The molecule has 0 saturated heterocycles. The van der Waals surface area contributed by atoms with Crippen molar-refractivity contribution in [1.29, 1.82) is 0 Å². The molecule has 15 heteroatoms. The van der Waals surface area contributed by atoms with Gasteiger partial charge in [0.05, 0.1) is 15.7 Å². The highest BCUT2D eigenvalue weighted by molar-refractivity contribution is 6.38. The molecule has 1 unspecified atom stereocenters. The SMILES string of the molecule is NC(=O)N(C(=O)c1c(F)cccc1F)c1cc(Cl)c(OC(F)(F)C(F)C(F)(F)F)cc1Cl. The van der Waals surface area contributed by atoms with Gasteiger partial charge in [0, 0.05) is 6.07 Å². The molecule has 0 saturated carbocycles. The first-order valence-electron chi connectivity index (χ1n) is 7.92. The number of imide groups is 1. The van der Waals surface area contributed by atoms with E-state index in [1.165, 1.54) is 0 Å². The first kappa shape index (κ1) is 25.5. The second-order valence-corrected chi connectivity index (χ2v) is 6.69. The highest BCUT2D eigenvalue weighted by Crippen LogP contribution is 2.42. The van der Waals surface area contributed by atoms with Gasteiger partial charge in [0.25, 0.3) is 12.1 Å². The van der Waals surface area contributed by atoms with Crippen molar-refractivity contribution in [3.05, 3.63) is 57.6 Å². The summed E-state index contributed by atoms with van der Waals surface area (Å²) in [7, 11) is 0. The highest BCUT2D eigenvalue weighted by atomic mass is 35.5. The first-order chi connectivity index (χ1) is 14.6. The zero-order valence-electron chi connectivity index (χ0n) is 15.0. The number of hydrogen-bond acceptors (Lipinski definition) is 3. The predicted molar refractivity (Wildman–Crippen MR) is 95.7 cm³/mol. The van der Waals surface area contributed by atoms with Crippen molar-refractivity contribution in [2.75, 3.05) is 4.90 Å². The van der Waals surface area contributed by atoms with Gasteiger partial charge in [-0.2, -0.15) is 22.0 Å². The number of nitrogens with two attached hydrogens (primary N) is 1. The Kier molecular flexibility index (Phi) is 7.15. The number of carbonyl (C=O) groups is 2. The molecule has 0 aromatic heterocycles. The number of nitrogens with zero attached hydrogens (tertiary/aromatic N) is 1. The summed E-state index contributed by atoms with van der Waals surface area (Å²) in [6.45, 7) is 0. The molecule has 174 valence electrons. The number of benzene rings is 2. The van der Waals surface area contributed by atoms with Crippen LogP contribution >= 0.6 is 23.2 Å². The van der Waals surface area contributed by atoms with Crippen molar-refractivity contribution in [1.82, 2.24) is 0 Å². The van der Waals surface area contributed by atoms with Crippen LogP contribution in [0.4, 0.5) is 45.6 Å². The van der Waals surface area contributed by atoms with Crippen LogP contribution in [0.2, 0.25) is 10.0 Å². The summed E-state index contributed by atoms with van der Waals surface area (Å²) in [4.78, 5) is 24.2. The van der Waals surface area contributed by atoms with Gasteiger partial charge in [0.1, 0.15) is 22.9 Å². The molecule has 0 bridgehead atoms. The third-order valence-electron chi connectivity index (χ3n) is 3.67. The molecule has 2 aromatic carbocycles. The largest absolute Gasteiger partial charge is 0.439 e. The maximum atomic E-state index is 13.9. The van der Waals surface area contributed by atoms with E-state index >= 15 is 0 Å². The van der Waals surface area contributed by atoms with Gasteiger partial charge in [0.2, 0.25) is 0 Å². The van der Waals surface area contributed by atoms with Crippen molar-refractivity contribution < 1.29 is 49.4 Å². The fraction of sp³-hybridized carbons (Fsp3) is 0.176. The second-order valence-electron chi connectivity index (χ2n) is 5.88. The van der Waals surface area contributed by atoms with Crippen molar-refractivity contribution in [3.8, 4) is 5.75 Å². The smallest absolute Gasteiger partial charge is 0.428 e. The minimum Gasteiger partial charge on any atom is -0.428 e. The molecule has 32 heavy (non-hydrogen) atoms. The third-order valence-corrected chi connectivity index (χ3v) is 4.27. The van der Waals surface area contributed by atoms with E-state index in [-0.39, 0.29) is 4.90 Å². The number of alkyl halides is 6. The van der Waals surface area contributed by atoms with Crippen molar-refractivity contribution >= 4 is 40.8 Å². The van der Waals surface area contributed by atoms with E-state index in [2.05, 4.69) is 4.74 Å². The molecule has 0 aliphatic heterocycles. The zero-order chi connectivity index (χ0) is 24.6. The molecule has 0 fully saturated rings. The third kappa shape index (κ3) is 5.15. The maximum Gasteiger partial charge on any atom is 0.439 e. The van der Waals surface area contributed by atoms with Gasteiger partial charge in [0.15, 0.2) is 0 Å². The Bertz CT molecular complexity index is 1040. The topological polar surface area (TPSA) is 72.6 Å². The molecule has 1 atom stereocenters. The quantitative estimate of drug-likeness (QED) is 0.511. The molecule has 0 heterocycles. The summed E-state index contributed by atoms with van der Waals surface area (Å²) in [5, 5.41) is -1.84. The fourth-order valence-corrected chi connectivity index (χ4v) is 2.73. The van der Waals surface area contributed by atoms with Crippen LogP contribution in [-0.2, 0) is 0 Å². The van der Waals surface area contributed by atoms with E-state index < -0.39 is 69.1 Å². The molecule has 2 N–H and O–H groups in total.